The van der Waals surface area contributed by atoms with Gasteiger partial charge in [0.2, 0.25) is 5.91 Å². The summed E-state index contributed by atoms with van der Waals surface area (Å²) in [6.07, 6.45) is 6.72. The van der Waals surface area contributed by atoms with Gasteiger partial charge in [-0.15, -0.1) is 5.10 Å². The quantitative estimate of drug-likeness (QED) is 0.708. The predicted molar refractivity (Wildman–Crippen MR) is 58.7 cm³/mol. The lowest BCUT2D eigenvalue weighted by atomic mass is 10.1. The van der Waals surface area contributed by atoms with Gasteiger partial charge in [0.1, 0.15) is 6.54 Å². The van der Waals surface area contributed by atoms with Crippen LogP contribution in [0.5, 0.6) is 0 Å². The summed E-state index contributed by atoms with van der Waals surface area (Å²) in [6.45, 7) is 2.08. The van der Waals surface area contributed by atoms with E-state index >= 15 is 0 Å². The Morgan fingerprint density at radius 3 is 3.25 bits per heavy atom. The second-order valence-electron chi connectivity index (χ2n) is 4.03. The van der Waals surface area contributed by atoms with Gasteiger partial charge in [-0.05, 0) is 25.8 Å². The van der Waals surface area contributed by atoms with Crippen molar-refractivity contribution in [2.24, 2.45) is 0 Å². The first-order valence-electron chi connectivity index (χ1n) is 5.69. The Morgan fingerprint density at radius 1 is 1.62 bits per heavy atom. The van der Waals surface area contributed by atoms with Crippen molar-refractivity contribution in [3.63, 3.8) is 0 Å². The lowest BCUT2D eigenvalue weighted by molar-refractivity contribution is -0.121. The first-order valence-corrected chi connectivity index (χ1v) is 5.69. The first kappa shape index (κ1) is 11.1. The maximum absolute atomic E-state index is 11.5. The molecule has 2 heterocycles. The van der Waals surface area contributed by atoms with Gasteiger partial charge < -0.3 is 10.6 Å². The van der Waals surface area contributed by atoms with Crippen molar-refractivity contribution in [3.8, 4) is 0 Å². The molecule has 1 aromatic rings. The minimum Gasteiger partial charge on any atom is -0.354 e. The Hall–Kier alpha value is -1.43. The molecule has 88 valence electrons. The highest BCUT2D eigenvalue weighted by molar-refractivity contribution is 5.75. The third-order valence-electron chi connectivity index (χ3n) is 2.75. The van der Waals surface area contributed by atoms with Gasteiger partial charge in [-0.2, -0.15) is 0 Å². The van der Waals surface area contributed by atoms with Gasteiger partial charge in [0.05, 0.1) is 6.20 Å². The minimum atomic E-state index is -0.0107. The number of carbonyl (C=O) groups excluding carboxylic acids is 1. The highest BCUT2D eigenvalue weighted by atomic mass is 16.2. The maximum atomic E-state index is 11.5. The summed E-state index contributed by atoms with van der Waals surface area (Å²) in [5.41, 5.74) is 0. The molecule has 0 radical (unpaired) electrons. The molecule has 16 heavy (non-hydrogen) atoms. The molecule has 1 aliphatic rings. The van der Waals surface area contributed by atoms with E-state index in [4.69, 9.17) is 0 Å². The number of rotatable bonds is 5. The van der Waals surface area contributed by atoms with E-state index in [0.717, 1.165) is 19.5 Å². The Balaban J connectivity index is 1.60. The second kappa shape index (κ2) is 5.60. The van der Waals surface area contributed by atoms with Crippen molar-refractivity contribution < 1.29 is 4.79 Å². The summed E-state index contributed by atoms with van der Waals surface area (Å²) < 4.78 is 1.52. The molecule has 1 atom stereocenters. The van der Waals surface area contributed by atoms with Crippen LogP contribution in [0.15, 0.2) is 12.4 Å². The van der Waals surface area contributed by atoms with Crippen molar-refractivity contribution in [1.29, 1.82) is 0 Å². The van der Waals surface area contributed by atoms with Crippen molar-refractivity contribution in [2.75, 3.05) is 13.1 Å². The molecule has 6 nitrogen and oxygen atoms in total. The zero-order chi connectivity index (χ0) is 11.2. The number of nitrogens with one attached hydrogen (secondary N) is 2. The van der Waals surface area contributed by atoms with Gasteiger partial charge in [-0.3, -0.25) is 4.79 Å². The van der Waals surface area contributed by atoms with E-state index in [9.17, 15) is 4.79 Å². The van der Waals surface area contributed by atoms with Gasteiger partial charge >= 0.3 is 0 Å². The topological polar surface area (TPSA) is 71.8 Å². The summed E-state index contributed by atoms with van der Waals surface area (Å²) in [4.78, 5) is 11.5. The fourth-order valence-corrected chi connectivity index (χ4v) is 1.91. The van der Waals surface area contributed by atoms with Crippen molar-refractivity contribution in [3.05, 3.63) is 12.4 Å². The smallest absolute Gasteiger partial charge is 0.241 e. The number of amides is 1. The standard InChI is InChI=1S/C10H17N5O/c16-10(8-15-7-6-13-14-15)12-5-3-9-2-1-4-11-9/h6-7,9,11H,1-5,8H2,(H,12,16)/t9-/m1/s1. The van der Waals surface area contributed by atoms with E-state index in [0.29, 0.717) is 6.04 Å². The van der Waals surface area contributed by atoms with Gasteiger partial charge in [0.25, 0.3) is 0 Å². The highest BCUT2D eigenvalue weighted by Gasteiger charge is 2.13. The maximum Gasteiger partial charge on any atom is 0.241 e. The van der Waals surface area contributed by atoms with Crippen LogP contribution in [0.25, 0.3) is 0 Å². The van der Waals surface area contributed by atoms with E-state index in [1.165, 1.54) is 17.5 Å². The largest absolute Gasteiger partial charge is 0.354 e. The second-order valence-corrected chi connectivity index (χ2v) is 4.03. The molecule has 1 saturated heterocycles. The number of aromatic nitrogens is 3. The molecule has 0 aromatic carbocycles. The summed E-state index contributed by atoms with van der Waals surface area (Å²) >= 11 is 0. The average molecular weight is 223 g/mol. The molecule has 2 N–H and O–H groups in total. The molecule has 2 rings (SSSR count). The Labute approximate surface area is 94.4 Å². The lowest BCUT2D eigenvalue weighted by Gasteiger charge is -2.10. The fraction of sp³-hybridized carbons (Fsp3) is 0.700. The SMILES string of the molecule is O=C(Cn1ccnn1)NCC[C@H]1CCCN1. The number of hydrogen-bond donors (Lipinski definition) is 2. The summed E-state index contributed by atoms with van der Waals surface area (Å²) in [5.74, 6) is -0.0107. The minimum absolute atomic E-state index is 0.0107. The molecular weight excluding hydrogens is 206 g/mol. The molecular formula is C10H17N5O. The van der Waals surface area contributed by atoms with Crippen LogP contribution in [0, 0.1) is 0 Å². The van der Waals surface area contributed by atoms with Crippen LogP contribution in [0.1, 0.15) is 19.3 Å². The molecule has 0 saturated carbocycles. The van der Waals surface area contributed by atoms with Crippen LogP contribution in [0.3, 0.4) is 0 Å². The van der Waals surface area contributed by atoms with Crippen molar-refractivity contribution in [1.82, 2.24) is 25.6 Å². The van der Waals surface area contributed by atoms with Gasteiger partial charge in [-0.25, -0.2) is 4.68 Å². The summed E-state index contributed by atoms with van der Waals surface area (Å²) in [5, 5.41) is 13.7. The predicted octanol–water partition coefficient (Wildman–Crippen LogP) is -0.464. The van der Waals surface area contributed by atoms with E-state index in [1.807, 2.05) is 0 Å². The van der Waals surface area contributed by atoms with Gasteiger partial charge in [0, 0.05) is 18.8 Å². The number of hydrogen-bond acceptors (Lipinski definition) is 4. The third kappa shape index (κ3) is 3.30. The Bertz CT molecular complexity index is 318. The monoisotopic (exact) mass is 223 g/mol. The van der Waals surface area contributed by atoms with Crippen LogP contribution in [0.2, 0.25) is 0 Å². The van der Waals surface area contributed by atoms with Crippen LogP contribution < -0.4 is 10.6 Å². The molecule has 1 amide bonds. The van der Waals surface area contributed by atoms with Crippen molar-refractivity contribution in [2.45, 2.75) is 31.8 Å². The lowest BCUT2D eigenvalue weighted by Crippen LogP contribution is -2.32. The van der Waals surface area contributed by atoms with E-state index in [-0.39, 0.29) is 12.5 Å². The van der Waals surface area contributed by atoms with E-state index in [2.05, 4.69) is 20.9 Å². The normalized spacial score (nSPS) is 19.9. The van der Waals surface area contributed by atoms with Crippen LogP contribution in [0.4, 0.5) is 0 Å². The number of nitrogens with zero attached hydrogens (tertiary/aromatic N) is 3. The van der Waals surface area contributed by atoms with E-state index in [1.54, 1.807) is 12.4 Å². The van der Waals surface area contributed by atoms with Crippen LogP contribution >= 0.6 is 0 Å². The van der Waals surface area contributed by atoms with E-state index < -0.39 is 0 Å². The molecule has 0 bridgehead atoms. The highest BCUT2D eigenvalue weighted by Crippen LogP contribution is 2.07. The summed E-state index contributed by atoms with van der Waals surface area (Å²) in [6, 6.07) is 0.576. The molecule has 1 fully saturated rings. The van der Waals surface area contributed by atoms with Gasteiger partial charge in [-0.1, -0.05) is 5.21 Å². The molecule has 6 heteroatoms. The summed E-state index contributed by atoms with van der Waals surface area (Å²) in [7, 11) is 0. The number of carbonyl (C=O) groups is 1. The molecule has 0 aliphatic carbocycles. The molecule has 0 unspecified atom stereocenters. The van der Waals surface area contributed by atoms with Crippen molar-refractivity contribution >= 4 is 5.91 Å². The Morgan fingerprint density at radius 2 is 2.56 bits per heavy atom. The Kier molecular flexibility index (Phi) is 3.87. The third-order valence-corrected chi connectivity index (χ3v) is 2.75. The van der Waals surface area contributed by atoms with Crippen LogP contribution in [-0.2, 0) is 11.3 Å². The molecule has 1 aliphatic heterocycles. The zero-order valence-corrected chi connectivity index (χ0v) is 9.22. The average Bonchev–Trinajstić information content (AvgIpc) is 2.90. The zero-order valence-electron chi connectivity index (χ0n) is 9.22. The molecule has 0 spiro atoms. The molecule has 1 aromatic heterocycles. The first-order chi connectivity index (χ1) is 7.84. The van der Waals surface area contributed by atoms with Gasteiger partial charge in [0.15, 0.2) is 0 Å². The van der Waals surface area contributed by atoms with Crippen LogP contribution in [-0.4, -0.2) is 40.0 Å². The fourth-order valence-electron chi connectivity index (χ4n) is 1.91.